The highest BCUT2D eigenvalue weighted by Gasteiger charge is 2.12. The van der Waals surface area contributed by atoms with Gasteiger partial charge in [0.05, 0.1) is 0 Å². The third-order valence-electron chi connectivity index (χ3n) is 4.15. The van der Waals surface area contributed by atoms with Crippen molar-refractivity contribution in [2.45, 2.75) is 44.7 Å². The van der Waals surface area contributed by atoms with Gasteiger partial charge in [0.25, 0.3) is 0 Å². The van der Waals surface area contributed by atoms with E-state index in [2.05, 4.69) is 28.2 Å². The highest BCUT2D eigenvalue weighted by Crippen LogP contribution is 2.24. The van der Waals surface area contributed by atoms with Gasteiger partial charge in [-0.15, -0.1) is 0 Å². The number of fused-ring (bicyclic) bond motifs is 1. The minimum atomic E-state index is 0.735. The molecule has 0 bridgehead atoms. The zero-order chi connectivity index (χ0) is 13.1. The molecule has 1 aliphatic carbocycles. The first-order valence-electron chi connectivity index (χ1n) is 7.31. The zero-order valence-corrected chi connectivity index (χ0v) is 12.0. The molecule has 102 valence electrons. The zero-order valence-electron chi connectivity index (χ0n) is 11.2. The van der Waals surface area contributed by atoms with E-state index in [1.54, 1.807) is 0 Å². The van der Waals surface area contributed by atoms with Crippen molar-refractivity contribution in [1.82, 2.24) is 9.88 Å². The van der Waals surface area contributed by atoms with Crippen molar-refractivity contribution < 1.29 is 0 Å². The van der Waals surface area contributed by atoms with Crippen LogP contribution in [0.5, 0.6) is 0 Å². The van der Waals surface area contributed by atoms with Crippen LogP contribution in [0.25, 0.3) is 10.9 Å². The smallest absolute Gasteiger partial charge is 0.0499 e. The monoisotopic (exact) mass is 276 g/mol. The maximum Gasteiger partial charge on any atom is 0.0499 e. The van der Waals surface area contributed by atoms with Gasteiger partial charge >= 0.3 is 0 Å². The molecule has 1 heterocycles. The molecule has 2 nitrogen and oxygen atoms in total. The topological polar surface area (TPSA) is 17.0 Å². The van der Waals surface area contributed by atoms with Gasteiger partial charge in [0.1, 0.15) is 0 Å². The Balaban J connectivity index is 1.60. The van der Waals surface area contributed by atoms with Crippen LogP contribution in [0, 0.1) is 0 Å². The molecule has 0 aliphatic heterocycles. The number of nitrogens with one attached hydrogen (secondary N) is 1. The Morgan fingerprint density at radius 3 is 2.84 bits per heavy atom. The molecular weight excluding hydrogens is 256 g/mol. The van der Waals surface area contributed by atoms with E-state index in [-0.39, 0.29) is 0 Å². The molecule has 1 aromatic carbocycles. The summed E-state index contributed by atoms with van der Waals surface area (Å²) in [6.45, 7) is 2.06. The Morgan fingerprint density at radius 2 is 2.00 bits per heavy atom. The number of nitrogens with zero attached hydrogens (tertiary/aromatic N) is 1. The summed E-state index contributed by atoms with van der Waals surface area (Å²) >= 11 is 6.20. The van der Waals surface area contributed by atoms with Crippen LogP contribution >= 0.6 is 11.6 Å². The van der Waals surface area contributed by atoms with Crippen LogP contribution in [0.4, 0.5) is 0 Å². The summed E-state index contributed by atoms with van der Waals surface area (Å²) in [4.78, 5) is 0. The Kier molecular flexibility index (Phi) is 4.09. The van der Waals surface area contributed by atoms with Gasteiger partial charge < -0.3 is 9.88 Å². The Hall–Kier alpha value is -0.990. The number of hydrogen-bond donors (Lipinski definition) is 1. The number of halogens is 1. The minimum absolute atomic E-state index is 0.735. The van der Waals surface area contributed by atoms with E-state index in [4.69, 9.17) is 11.6 Å². The van der Waals surface area contributed by atoms with Gasteiger partial charge in [-0.2, -0.15) is 0 Å². The molecule has 0 spiro atoms. The predicted octanol–water partition coefficient (Wildman–Crippen LogP) is 4.22. The second kappa shape index (κ2) is 5.98. The van der Waals surface area contributed by atoms with Crippen LogP contribution < -0.4 is 5.32 Å². The van der Waals surface area contributed by atoms with E-state index >= 15 is 0 Å². The molecule has 2 aromatic rings. The normalized spacial score (nSPS) is 17.1. The molecule has 1 fully saturated rings. The van der Waals surface area contributed by atoms with E-state index in [1.807, 2.05) is 12.1 Å². The highest BCUT2D eigenvalue weighted by molar-refractivity contribution is 6.35. The summed E-state index contributed by atoms with van der Waals surface area (Å²) < 4.78 is 2.29. The van der Waals surface area contributed by atoms with Gasteiger partial charge in [0.2, 0.25) is 0 Å². The quantitative estimate of drug-likeness (QED) is 0.885. The van der Waals surface area contributed by atoms with E-state index in [0.717, 1.165) is 29.5 Å². The van der Waals surface area contributed by atoms with Crippen LogP contribution in [-0.4, -0.2) is 17.2 Å². The Bertz CT molecular complexity index is 541. The van der Waals surface area contributed by atoms with Crippen molar-refractivity contribution in [1.29, 1.82) is 0 Å². The molecule has 0 saturated heterocycles. The third kappa shape index (κ3) is 2.96. The standard InChI is InChI=1S/C16H21ClN2/c17-15-7-4-8-16-14(15)9-11-19(16)12-10-18-13-5-2-1-3-6-13/h4,7-9,11,13,18H,1-3,5-6,10,12H2. The van der Waals surface area contributed by atoms with Gasteiger partial charge in [0.15, 0.2) is 0 Å². The number of hydrogen-bond acceptors (Lipinski definition) is 1. The number of aromatic nitrogens is 1. The van der Waals surface area contributed by atoms with E-state index < -0.39 is 0 Å². The van der Waals surface area contributed by atoms with Crippen LogP contribution in [0.1, 0.15) is 32.1 Å². The van der Waals surface area contributed by atoms with Crippen LogP contribution in [0.2, 0.25) is 5.02 Å². The number of benzene rings is 1. The summed E-state index contributed by atoms with van der Waals surface area (Å²) in [5, 5.41) is 5.68. The SMILES string of the molecule is Clc1cccc2c1ccn2CCNC1CCCCC1. The lowest BCUT2D eigenvalue weighted by Crippen LogP contribution is -2.33. The van der Waals surface area contributed by atoms with Gasteiger partial charge in [-0.3, -0.25) is 0 Å². The van der Waals surface area contributed by atoms with Crippen LogP contribution in [-0.2, 0) is 6.54 Å². The minimum Gasteiger partial charge on any atom is -0.346 e. The molecule has 1 saturated carbocycles. The fourth-order valence-corrected chi connectivity index (χ4v) is 3.31. The first-order chi connectivity index (χ1) is 9.34. The lowest BCUT2D eigenvalue weighted by molar-refractivity contribution is 0.369. The lowest BCUT2D eigenvalue weighted by Gasteiger charge is -2.23. The molecule has 0 atom stereocenters. The summed E-state index contributed by atoms with van der Waals surface area (Å²) in [6, 6.07) is 8.96. The van der Waals surface area contributed by atoms with Gasteiger partial charge in [-0.1, -0.05) is 36.9 Å². The molecule has 3 heteroatoms. The molecule has 0 amide bonds. The third-order valence-corrected chi connectivity index (χ3v) is 4.48. The molecule has 0 radical (unpaired) electrons. The average molecular weight is 277 g/mol. The van der Waals surface area contributed by atoms with Crippen molar-refractivity contribution in [3.05, 3.63) is 35.5 Å². The predicted molar refractivity (Wildman–Crippen MR) is 81.8 cm³/mol. The fourth-order valence-electron chi connectivity index (χ4n) is 3.08. The summed E-state index contributed by atoms with van der Waals surface area (Å²) in [6.07, 6.45) is 9.02. The van der Waals surface area contributed by atoms with Gasteiger partial charge in [-0.05, 0) is 31.0 Å². The second-order valence-electron chi connectivity index (χ2n) is 5.47. The molecule has 1 N–H and O–H groups in total. The summed E-state index contributed by atoms with van der Waals surface area (Å²) in [5.74, 6) is 0. The highest BCUT2D eigenvalue weighted by atomic mass is 35.5. The second-order valence-corrected chi connectivity index (χ2v) is 5.88. The maximum absolute atomic E-state index is 6.20. The molecule has 3 rings (SSSR count). The first kappa shape index (κ1) is 13.0. The van der Waals surface area contributed by atoms with Crippen molar-refractivity contribution >= 4 is 22.5 Å². The Morgan fingerprint density at radius 1 is 1.16 bits per heavy atom. The first-order valence-corrected chi connectivity index (χ1v) is 7.69. The maximum atomic E-state index is 6.20. The van der Waals surface area contributed by atoms with E-state index in [9.17, 15) is 0 Å². The van der Waals surface area contributed by atoms with Crippen molar-refractivity contribution in [3.63, 3.8) is 0 Å². The molecule has 0 unspecified atom stereocenters. The van der Waals surface area contributed by atoms with Crippen molar-refractivity contribution in [2.24, 2.45) is 0 Å². The van der Waals surface area contributed by atoms with Gasteiger partial charge in [-0.25, -0.2) is 0 Å². The van der Waals surface area contributed by atoms with Gasteiger partial charge in [0, 0.05) is 41.3 Å². The lowest BCUT2D eigenvalue weighted by atomic mass is 9.95. The van der Waals surface area contributed by atoms with Crippen LogP contribution in [0.15, 0.2) is 30.5 Å². The molecule has 19 heavy (non-hydrogen) atoms. The average Bonchev–Trinajstić information content (AvgIpc) is 2.85. The summed E-state index contributed by atoms with van der Waals surface area (Å²) in [7, 11) is 0. The largest absolute Gasteiger partial charge is 0.346 e. The van der Waals surface area contributed by atoms with Crippen LogP contribution in [0.3, 0.4) is 0 Å². The van der Waals surface area contributed by atoms with Crippen molar-refractivity contribution in [2.75, 3.05) is 6.54 Å². The molecular formula is C16H21ClN2. The fraction of sp³-hybridized carbons (Fsp3) is 0.500. The number of rotatable bonds is 4. The molecule has 1 aliphatic rings. The van der Waals surface area contributed by atoms with E-state index in [0.29, 0.717) is 0 Å². The van der Waals surface area contributed by atoms with E-state index in [1.165, 1.54) is 37.6 Å². The molecule has 1 aromatic heterocycles. The van der Waals surface area contributed by atoms with Crippen molar-refractivity contribution in [3.8, 4) is 0 Å². The Labute approximate surface area is 119 Å². The summed E-state index contributed by atoms with van der Waals surface area (Å²) in [5.41, 5.74) is 1.23.